The normalized spacial score (nSPS) is 23.6. The van der Waals surface area contributed by atoms with Gasteiger partial charge in [0.25, 0.3) is 5.91 Å². The van der Waals surface area contributed by atoms with E-state index >= 15 is 0 Å². The molecule has 0 spiro atoms. The van der Waals surface area contributed by atoms with Crippen LogP contribution in [0.3, 0.4) is 0 Å². The summed E-state index contributed by atoms with van der Waals surface area (Å²) < 4.78 is 45.4. The molecule has 2 aromatic heterocycles. The van der Waals surface area contributed by atoms with Gasteiger partial charge in [-0.05, 0) is 49.7 Å². The highest BCUT2D eigenvalue weighted by molar-refractivity contribution is 5.94. The molecule has 2 aliphatic carbocycles. The van der Waals surface area contributed by atoms with Crippen molar-refractivity contribution >= 4 is 5.91 Å². The number of rotatable bonds is 4. The number of nitrogens with zero attached hydrogens (tertiary/aromatic N) is 3. The second kappa shape index (κ2) is 6.83. The van der Waals surface area contributed by atoms with Crippen LogP contribution in [0.25, 0.3) is 5.82 Å². The van der Waals surface area contributed by atoms with Crippen LogP contribution < -0.4 is 5.32 Å². The number of ether oxygens (including phenoxy) is 1. The van der Waals surface area contributed by atoms with Gasteiger partial charge >= 0.3 is 6.18 Å². The standard InChI is InChI=1S/C20H21F3N4O2/c21-20(22,23)13-1-2-16(24-10-13)27-18-14-7-12(14)8-15(18)17(26-27)19(28)25-9-11-3-5-29-6-4-11/h1-2,10-12,14H,3-9H2,(H,25,28)/t12-,14-/m1/s1. The van der Waals surface area contributed by atoms with Gasteiger partial charge in [0.05, 0.1) is 11.3 Å². The van der Waals surface area contributed by atoms with Crippen LogP contribution in [0.5, 0.6) is 0 Å². The Balaban J connectivity index is 1.40. The highest BCUT2D eigenvalue weighted by atomic mass is 19.4. The summed E-state index contributed by atoms with van der Waals surface area (Å²) in [6.07, 6.45) is 0.0457. The summed E-state index contributed by atoms with van der Waals surface area (Å²) in [6, 6.07) is 2.32. The Labute approximate surface area is 165 Å². The predicted molar refractivity (Wildman–Crippen MR) is 96.8 cm³/mol. The Morgan fingerprint density at radius 2 is 2.07 bits per heavy atom. The third kappa shape index (κ3) is 3.41. The lowest BCUT2D eigenvalue weighted by molar-refractivity contribution is -0.137. The van der Waals surface area contributed by atoms with E-state index < -0.39 is 11.7 Å². The number of fused-ring (bicyclic) bond motifs is 3. The Kier molecular flexibility index (Phi) is 4.38. The smallest absolute Gasteiger partial charge is 0.381 e. The molecular formula is C20H21F3N4O2. The van der Waals surface area contributed by atoms with Gasteiger partial charge in [-0.1, -0.05) is 0 Å². The third-order valence-electron chi connectivity index (χ3n) is 6.16. The van der Waals surface area contributed by atoms with Gasteiger partial charge in [0.2, 0.25) is 0 Å². The van der Waals surface area contributed by atoms with Gasteiger partial charge in [-0.15, -0.1) is 0 Å². The Hall–Kier alpha value is -2.42. The van der Waals surface area contributed by atoms with Crippen molar-refractivity contribution < 1.29 is 22.7 Å². The van der Waals surface area contributed by atoms with Crippen LogP contribution in [0.1, 0.15) is 52.5 Å². The van der Waals surface area contributed by atoms with E-state index in [-0.39, 0.29) is 5.91 Å². The Bertz CT molecular complexity index is 932. The minimum absolute atomic E-state index is 0.222. The quantitative estimate of drug-likeness (QED) is 0.847. The molecule has 0 unspecified atom stereocenters. The number of alkyl halides is 3. The van der Waals surface area contributed by atoms with Crippen molar-refractivity contribution in [1.29, 1.82) is 0 Å². The molecule has 0 radical (unpaired) electrons. The summed E-state index contributed by atoms with van der Waals surface area (Å²) in [5, 5.41) is 7.45. The average Bonchev–Trinajstić information content (AvgIpc) is 3.22. The fourth-order valence-electron chi connectivity index (χ4n) is 4.42. The molecular weight excluding hydrogens is 385 g/mol. The zero-order valence-corrected chi connectivity index (χ0v) is 15.7. The van der Waals surface area contributed by atoms with Gasteiger partial charge in [0.1, 0.15) is 0 Å². The topological polar surface area (TPSA) is 69.0 Å². The van der Waals surface area contributed by atoms with E-state index in [4.69, 9.17) is 4.74 Å². The maximum absolute atomic E-state index is 12.8. The number of aromatic nitrogens is 3. The molecule has 6 nitrogen and oxygen atoms in total. The van der Waals surface area contributed by atoms with Gasteiger partial charge in [-0.2, -0.15) is 18.3 Å². The average molecular weight is 406 g/mol. The fourth-order valence-corrected chi connectivity index (χ4v) is 4.42. The zero-order valence-electron chi connectivity index (χ0n) is 15.7. The van der Waals surface area contributed by atoms with E-state index in [1.165, 1.54) is 6.07 Å². The van der Waals surface area contributed by atoms with Gasteiger partial charge in [-0.25, -0.2) is 9.67 Å². The molecule has 154 valence electrons. The lowest BCUT2D eigenvalue weighted by atomic mass is 10.0. The number of amides is 1. The molecule has 2 fully saturated rings. The van der Waals surface area contributed by atoms with Crippen molar-refractivity contribution in [2.24, 2.45) is 11.8 Å². The van der Waals surface area contributed by atoms with Gasteiger partial charge < -0.3 is 10.1 Å². The highest BCUT2D eigenvalue weighted by Crippen LogP contribution is 2.57. The second-order valence-electron chi connectivity index (χ2n) is 8.10. The van der Waals surface area contributed by atoms with E-state index in [0.717, 1.165) is 49.2 Å². The van der Waals surface area contributed by atoms with E-state index in [1.807, 2.05) is 0 Å². The highest BCUT2D eigenvalue weighted by Gasteiger charge is 2.50. The SMILES string of the molecule is O=C(NCC1CCOCC1)c1nn(-c2ccc(C(F)(F)F)cn2)c2c1C[C@H]1C[C@@H]21. The number of hydrogen-bond donors (Lipinski definition) is 1. The summed E-state index contributed by atoms with van der Waals surface area (Å²) in [7, 11) is 0. The molecule has 5 rings (SSSR count). The van der Waals surface area contributed by atoms with E-state index in [9.17, 15) is 18.0 Å². The van der Waals surface area contributed by atoms with Crippen molar-refractivity contribution in [2.75, 3.05) is 19.8 Å². The number of pyridine rings is 1. The summed E-state index contributed by atoms with van der Waals surface area (Å²) in [5.41, 5.74) is 1.42. The summed E-state index contributed by atoms with van der Waals surface area (Å²) >= 11 is 0. The molecule has 3 heterocycles. The van der Waals surface area contributed by atoms with E-state index in [1.54, 1.807) is 4.68 Å². The molecule has 0 bridgehead atoms. The molecule has 2 atom stereocenters. The number of nitrogens with one attached hydrogen (secondary N) is 1. The summed E-state index contributed by atoms with van der Waals surface area (Å²) in [4.78, 5) is 16.8. The van der Waals surface area contributed by atoms with Crippen LogP contribution in [0.4, 0.5) is 13.2 Å². The minimum Gasteiger partial charge on any atom is -0.381 e. The largest absolute Gasteiger partial charge is 0.417 e. The zero-order chi connectivity index (χ0) is 20.2. The number of hydrogen-bond acceptors (Lipinski definition) is 4. The first kappa shape index (κ1) is 18.6. The minimum atomic E-state index is -4.44. The van der Waals surface area contributed by atoms with Crippen LogP contribution in [-0.4, -0.2) is 40.4 Å². The number of carbonyl (C=O) groups excluding carboxylic acids is 1. The maximum Gasteiger partial charge on any atom is 0.417 e. The van der Waals surface area contributed by atoms with Gasteiger partial charge in [-0.3, -0.25) is 4.79 Å². The van der Waals surface area contributed by atoms with Crippen LogP contribution in [0.15, 0.2) is 18.3 Å². The van der Waals surface area contributed by atoms with Crippen molar-refractivity contribution in [3.8, 4) is 5.82 Å². The molecule has 1 amide bonds. The molecule has 29 heavy (non-hydrogen) atoms. The third-order valence-corrected chi connectivity index (χ3v) is 6.16. The lowest BCUT2D eigenvalue weighted by Gasteiger charge is -2.22. The fraction of sp³-hybridized carbons (Fsp3) is 0.550. The van der Waals surface area contributed by atoms with Crippen LogP contribution >= 0.6 is 0 Å². The molecule has 1 aliphatic heterocycles. The number of carbonyl (C=O) groups is 1. The van der Waals surface area contributed by atoms with Crippen molar-refractivity contribution in [1.82, 2.24) is 20.1 Å². The van der Waals surface area contributed by atoms with Crippen molar-refractivity contribution in [3.05, 3.63) is 40.8 Å². The molecule has 2 aromatic rings. The monoisotopic (exact) mass is 406 g/mol. The first-order valence-corrected chi connectivity index (χ1v) is 9.93. The summed E-state index contributed by atoms with van der Waals surface area (Å²) in [5.74, 6) is 1.31. The van der Waals surface area contributed by atoms with Crippen LogP contribution in [0.2, 0.25) is 0 Å². The van der Waals surface area contributed by atoms with Crippen LogP contribution in [-0.2, 0) is 17.3 Å². The molecule has 1 N–H and O–H groups in total. The molecule has 3 aliphatic rings. The van der Waals surface area contributed by atoms with E-state index in [2.05, 4.69) is 15.4 Å². The van der Waals surface area contributed by atoms with Crippen molar-refractivity contribution in [2.45, 2.75) is 37.8 Å². The summed E-state index contributed by atoms with van der Waals surface area (Å²) in [6.45, 7) is 2.01. The second-order valence-corrected chi connectivity index (χ2v) is 8.10. The first-order chi connectivity index (χ1) is 13.9. The Morgan fingerprint density at radius 3 is 2.76 bits per heavy atom. The number of halogens is 3. The van der Waals surface area contributed by atoms with Gasteiger partial charge in [0, 0.05) is 37.4 Å². The van der Waals surface area contributed by atoms with E-state index in [0.29, 0.717) is 49.0 Å². The van der Waals surface area contributed by atoms with Crippen molar-refractivity contribution in [3.63, 3.8) is 0 Å². The maximum atomic E-state index is 12.8. The van der Waals surface area contributed by atoms with Gasteiger partial charge in [0.15, 0.2) is 11.5 Å². The molecule has 1 saturated carbocycles. The predicted octanol–water partition coefficient (Wildman–Crippen LogP) is 3.10. The first-order valence-electron chi connectivity index (χ1n) is 9.93. The Morgan fingerprint density at radius 1 is 1.28 bits per heavy atom. The molecule has 1 saturated heterocycles. The molecule has 9 heteroatoms. The van der Waals surface area contributed by atoms with Crippen LogP contribution in [0, 0.1) is 11.8 Å². The molecule has 0 aromatic carbocycles. The lowest BCUT2D eigenvalue weighted by Crippen LogP contribution is -2.32.